The monoisotopic (exact) mass is 199 g/mol. The van der Waals surface area contributed by atoms with Gasteiger partial charge in [-0.15, -0.1) is 0 Å². The highest BCUT2D eigenvalue weighted by molar-refractivity contribution is 4.85. The molecule has 1 heterocycles. The minimum atomic E-state index is 0.137. The number of hydrogen-bond donors (Lipinski definition) is 1. The van der Waals surface area contributed by atoms with E-state index in [4.69, 9.17) is 4.74 Å². The Hall–Kier alpha value is -0.0800. The summed E-state index contributed by atoms with van der Waals surface area (Å²) in [6, 6.07) is 0.681. The highest BCUT2D eigenvalue weighted by Crippen LogP contribution is 2.28. The van der Waals surface area contributed by atoms with Crippen molar-refractivity contribution in [3.63, 3.8) is 0 Å². The van der Waals surface area contributed by atoms with Crippen molar-refractivity contribution in [1.82, 2.24) is 5.32 Å². The van der Waals surface area contributed by atoms with Crippen LogP contribution < -0.4 is 5.32 Å². The minimum absolute atomic E-state index is 0.137. The van der Waals surface area contributed by atoms with Gasteiger partial charge in [-0.1, -0.05) is 20.3 Å². The fourth-order valence-electron chi connectivity index (χ4n) is 2.36. The molecule has 84 valence electrons. The van der Waals surface area contributed by atoms with Crippen LogP contribution in [-0.2, 0) is 4.74 Å². The van der Waals surface area contributed by atoms with E-state index in [1.54, 1.807) is 0 Å². The Morgan fingerprint density at radius 2 is 2.14 bits per heavy atom. The molecule has 14 heavy (non-hydrogen) atoms. The Labute approximate surface area is 88.4 Å². The van der Waals surface area contributed by atoms with E-state index in [1.165, 1.54) is 32.1 Å². The molecule has 1 fully saturated rings. The van der Waals surface area contributed by atoms with Crippen LogP contribution in [0.1, 0.15) is 52.9 Å². The van der Waals surface area contributed by atoms with E-state index in [1.807, 2.05) is 0 Å². The van der Waals surface area contributed by atoms with Crippen molar-refractivity contribution in [1.29, 1.82) is 0 Å². The van der Waals surface area contributed by atoms with Crippen LogP contribution in [0.4, 0.5) is 0 Å². The second-order valence-electron chi connectivity index (χ2n) is 4.69. The van der Waals surface area contributed by atoms with Gasteiger partial charge in [0.25, 0.3) is 0 Å². The van der Waals surface area contributed by atoms with Gasteiger partial charge in [0.1, 0.15) is 0 Å². The summed E-state index contributed by atoms with van der Waals surface area (Å²) in [5.41, 5.74) is 0.137. The van der Waals surface area contributed by atoms with Gasteiger partial charge in [0, 0.05) is 12.6 Å². The first kappa shape index (κ1) is 12.0. The van der Waals surface area contributed by atoms with E-state index in [0.717, 1.165) is 13.2 Å². The van der Waals surface area contributed by atoms with E-state index in [-0.39, 0.29) is 5.60 Å². The molecule has 0 aromatic rings. The van der Waals surface area contributed by atoms with Crippen molar-refractivity contribution in [2.24, 2.45) is 0 Å². The van der Waals surface area contributed by atoms with Crippen LogP contribution in [0.5, 0.6) is 0 Å². The van der Waals surface area contributed by atoms with E-state index in [9.17, 15) is 0 Å². The van der Waals surface area contributed by atoms with Gasteiger partial charge < -0.3 is 10.1 Å². The first-order valence-corrected chi connectivity index (χ1v) is 6.07. The maximum Gasteiger partial charge on any atom is 0.0669 e. The van der Waals surface area contributed by atoms with Crippen molar-refractivity contribution in [2.75, 3.05) is 13.2 Å². The zero-order chi connectivity index (χ0) is 10.4. The number of nitrogens with one attached hydrogen (secondary N) is 1. The normalized spacial score (nSPS) is 33.2. The molecule has 0 saturated carbocycles. The maximum atomic E-state index is 5.88. The lowest BCUT2D eigenvalue weighted by molar-refractivity contribution is -0.0810. The molecule has 1 N–H and O–H groups in total. The van der Waals surface area contributed by atoms with Gasteiger partial charge in [-0.25, -0.2) is 0 Å². The third kappa shape index (κ3) is 3.58. The first-order chi connectivity index (χ1) is 6.70. The molecule has 2 unspecified atom stereocenters. The molecule has 2 heteroatoms. The lowest BCUT2D eigenvalue weighted by Gasteiger charge is -2.38. The molecule has 0 spiro atoms. The molecule has 0 bridgehead atoms. The van der Waals surface area contributed by atoms with Crippen molar-refractivity contribution >= 4 is 0 Å². The maximum absolute atomic E-state index is 5.88. The van der Waals surface area contributed by atoms with Crippen LogP contribution in [-0.4, -0.2) is 24.8 Å². The molecule has 0 aromatic carbocycles. The Morgan fingerprint density at radius 1 is 1.36 bits per heavy atom. The van der Waals surface area contributed by atoms with E-state index < -0.39 is 0 Å². The summed E-state index contributed by atoms with van der Waals surface area (Å²) in [6.45, 7) is 8.79. The summed E-state index contributed by atoms with van der Waals surface area (Å²) in [7, 11) is 0. The van der Waals surface area contributed by atoms with Gasteiger partial charge in [0.2, 0.25) is 0 Å². The zero-order valence-electron chi connectivity index (χ0n) is 9.94. The second-order valence-corrected chi connectivity index (χ2v) is 4.69. The molecule has 1 rings (SSSR count). The van der Waals surface area contributed by atoms with Gasteiger partial charge in [0.15, 0.2) is 0 Å². The van der Waals surface area contributed by atoms with Gasteiger partial charge >= 0.3 is 0 Å². The van der Waals surface area contributed by atoms with Crippen molar-refractivity contribution in [2.45, 2.75) is 64.5 Å². The second kappa shape index (κ2) is 5.72. The lowest BCUT2D eigenvalue weighted by Crippen LogP contribution is -2.45. The zero-order valence-corrected chi connectivity index (χ0v) is 9.94. The lowest BCUT2D eigenvalue weighted by atomic mass is 9.88. The van der Waals surface area contributed by atoms with Gasteiger partial charge in [0.05, 0.1) is 5.60 Å². The van der Waals surface area contributed by atoms with E-state index >= 15 is 0 Å². The SMILES string of the molecule is CCCNC1CCOC(C)(CCC)C1. The van der Waals surface area contributed by atoms with Crippen LogP contribution in [0.15, 0.2) is 0 Å². The fraction of sp³-hybridized carbons (Fsp3) is 1.00. The Kier molecular flexibility index (Phi) is 4.90. The highest BCUT2D eigenvalue weighted by Gasteiger charge is 2.31. The predicted molar refractivity (Wildman–Crippen MR) is 60.6 cm³/mol. The molecular formula is C12H25NO. The predicted octanol–water partition coefficient (Wildman–Crippen LogP) is 2.72. The average Bonchev–Trinajstić information content (AvgIpc) is 2.15. The molecule has 1 saturated heterocycles. The first-order valence-electron chi connectivity index (χ1n) is 6.07. The van der Waals surface area contributed by atoms with E-state index in [0.29, 0.717) is 6.04 Å². The average molecular weight is 199 g/mol. The summed E-state index contributed by atoms with van der Waals surface area (Å²) in [4.78, 5) is 0. The largest absolute Gasteiger partial charge is 0.375 e. The number of hydrogen-bond acceptors (Lipinski definition) is 2. The van der Waals surface area contributed by atoms with Crippen LogP contribution in [0, 0.1) is 0 Å². The summed E-state index contributed by atoms with van der Waals surface area (Å²) in [5.74, 6) is 0. The van der Waals surface area contributed by atoms with Gasteiger partial charge in [-0.05, 0) is 39.2 Å². The highest BCUT2D eigenvalue weighted by atomic mass is 16.5. The Bertz CT molecular complexity index is 156. The molecule has 0 radical (unpaired) electrons. The Morgan fingerprint density at radius 3 is 2.79 bits per heavy atom. The molecule has 2 nitrogen and oxygen atoms in total. The fourth-order valence-corrected chi connectivity index (χ4v) is 2.36. The molecule has 1 aliphatic rings. The van der Waals surface area contributed by atoms with Crippen molar-refractivity contribution in [3.05, 3.63) is 0 Å². The molecular weight excluding hydrogens is 174 g/mol. The molecule has 0 aliphatic carbocycles. The third-order valence-electron chi connectivity index (χ3n) is 3.06. The van der Waals surface area contributed by atoms with Crippen LogP contribution >= 0.6 is 0 Å². The molecule has 0 amide bonds. The smallest absolute Gasteiger partial charge is 0.0669 e. The van der Waals surface area contributed by atoms with Crippen LogP contribution in [0.3, 0.4) is 0 Å². The van der Waals surface area contributed by atoms with Crippen molar-refractivity contribution < 1.29 is 4.74 Å². The summed E-state index contributed by atoms with van der Waals surface area (Å²) in [6.07, 6.45) is 6.00. The van der Waals surface area contributed by atoms with Crippen LogP contribution in [0.25, 0.3) is 0 Å². The minimum Gasteiger partial charge on any atom is -0.375 e. The van der Waals surface area contributed by atoms with Gasteiger partial charge in [-0.3, -0.25) is 0 Å². The molecule has 2 atom stereocenters. The molecule has 0 aromatic heterocycles. The molecule has 1 aliphatic heterocycles. The summed E-state index contributed by atoms with van der Waals surface area (Å²) < 4.78 is 5.88. The summed E-state index contributed by atoms with van der Waals surface area (Å²) in [5, 5.41) is 3.60. The number of rotatable bonds is 5. The topological polar surface area (TPSA) is 21.3 Å². The van der Waals surface area contributed by atoms with Crippen molar-refractivity contribution in [3.8, 4) is 0 Å². The summed E-state index contributed by atoms with van der Waals surface area (Å²) >= 11 is 0. The quantitative estimate of drug-likeness (QED) is 0.735. The number of ether oxygens (including phenoxy) is 1. The third-order valence-corrected chi connectivity index (χ3v) is 3.06. The van der Waals surface area contributed by atoms with Gasteiger partial charge in [-0.2, -0.15) is 0 Å². The van der Waals surface area contributed by atoms with E-state index in [2.05, 4.69) is 26.1 Å². The van der Waals surface area contributed by atoms with Crippen LogP contribution in [0.2, 0.25) is 0 Å². The standard InChI is InChI=1S/C12H25NO/c1-4-7-12(3)10-11(6-9-14-12)13-8-5-2/h11,13H,4-10H2,1-3H3. The Balaban J connectivity index is 2.34.